The van der Waals surface area contributed by atoms with Crippen LogP contribution in [0, 0.1) is 17.8 Å². The number of hydrogen-bond acceptors (Lipinski definition) is 1. The average molecular weight is 252 g/mol. The molecule has 0 saturated heterocycles. The van der Waals surface area contributed by atoms with Gasteiger partial charge in [-0.3, -0.25) is 0 Å². The van der Waals surface area contributed by atoms with Crippen LogP contribution in [0.2, 0.25) is 0 Å². The van der Waals surface area contributed by atoms with Gasteiger partial charge in [-0.2, -0.15) is 0 Å². The molecule has 3 atom stereocenters. The third-order valence-corrected chi connectivity index (χ3v) is 3.53. The van der Waals surface area contributed by atoms with Crippen molar-refractivity contribution >= 4 is 0 Å². The minimum atomic E-state index is 0.733. The van der Waals surface area contributed by atoms with Crippen molar-refractivity contribution in [3.05, 3.63) is 24.0 Å². The van der Waals surface area contributed by atoms with Crippen LogP contribution in [0.25, 0.3) is 0 Å². The molecule has 0 aliphatic carbocycles. The number of rotatable bonds is 9. The maximum absolute atomic E-state index is 8.62. The first kappa shape index (κ1) is 17.3. The van der Waals surface area contributed by atoms with Crippen LogP contribution in [-0.2, 0) is 0 Å². The first-order valence-electron chi connectivity index (χ1n) is 7.46. The molecule has 18 heavy (non-hydrogen) atoms. The zero-order chi connectivity index (χ0) is 14.0. The molecule has 0 radical (unpaired) electrons. The van der Waals surface area contributed by atoms with E-state index < -0.39 is 0 Å². The van der Waals surface area contributed by atoms with E-state index in [2.05, 4.69) is 34.6 Å². The van der Waals surface area contributed by atoms with Crippen LogP contribution < -0.4 is 0 Å². The highest BCUT2D eigenvalue weighted by Gasteiger charge is 2.12. The van der Waals surface area contributed by atoms with Crippen molar-refractivity contribution in [1.29, 1.82) is 0 Å². The molecular weight excluding hydrogens is 220 g/mol. The van der Waals surface area contributed by atoms with Crippen molar-refractivity contribution in [1.82, 2.24) is 0 Å². The monoisotopic (exact) mass is 252 g/mol. The molecule has 0 rings (SSSR count). The van der Waals surface area contributed by atoms with E-state index in [4.69, 9.17) is 5.11 Å². The van der Waals surface area contributed by atoms with E-state index in [9.17, 15) is 0 Å². The second-order valence-electron chi connectivity index (χ2n) is 6.13. The summed E-state index contributed by atoms with van der Waals surface area (Å²) >= 11 is 0. The smallest absolute Gasteiger partial charge is 0.0791 e. The summed E-state index contributed by atoms with van der Waals surface area (Å²) in [6.07, 6.45) is 11.3. The molecule has 0 amide bonds. The van der Waals surface area contributed by atoms with Crippen LogP contribution in [0.15, 0.2) is 24.0 Å². The standard InChI is InChI=1S/C17H32O/c1-6-8-14(2)11-16(4)13-17(5)12-15(3)9-7-10-18/h7,9-10,14,16-18H,6,8,11-13H2,1-5H3/b10-7+,15-9+/t14-,16-,17+/m0/s1. The maximum Gasteiger partial charge on any atom is 0.0791 e. The number of allylic oxidation sites excluding steroid dienone is 3. The Hall–Kier alpha value is -0.720. The lowest BCUT2D eigenvalue weighted by atomic mass is 9.86. The third kappa shape index (κ3) is 9.32. The highest BCUT2D eigenvalue weighted by molar-refractivity contribution is 5.09. The number of aliphatic hydroxyl groups excluding tert-OH is 1. The van der Waals surface area contributed by atoms with Gasteiger partial charge in [0.15, 0.2) is 0 Å². The molecule has 0 bridgehead atoms. The number of hydrogen-bond donors (Lipinski definition) is 1. The molecule has 0 spiro atoms. The fraction of sp³-hybridized carbons (Fsp3) is 0.765. The summed E-state index contributed by atoms with van der Waals surface area (Å²) in [6.45, 7) is 11.5. The topological polar surface area (TPSA) is 20.2 Å². The largest absolute Gasteiger partial charge is 0.516 e. The summed E-state index contributed by atoms with van der Waals surface area (Å²) in [4.78, 5) is 0. The van der Waals surface area contributed by atoms with Gasteiger partial charge < -0.3 is 5.11 Å². The van der Waals surface area contributed by atoms with E-state index in [1.54, 1.807) is 6.08 Å². The average Bonchev–Trinajstić information content (AvgIpc) is 2.25. The predicted molar refractivity (Wildman–Crippen MR) is 81.8 cm³/mol. The second-order valence-corrected chi connectivity index (χ2v) is 6.13. The molecule has 1 nitrogen and oxygen atoms in total. The summed E-state index contributed by atoms with van der Waals surface area (Å²) in [6, 6.07) is 0. The molecule has 0 aromatic rings. The van der Waals surface area contributed by atoms with Crippen molar-refractivity contribution < 1.29 is 5.11 Å². The van der Waals surface area contributed by atoms with Crippen LogP contribution in [0.3, 0.4) is 0 Å². The van der Waals surface area contributed by atoms with Crippen molar-refractivity contribution in [3.8, 4) is 0 Å². The molecule has 0 fully saturated rings. The summed E-state index contributed by atoms with van der Waals surface area (Å²) < 4.78 is 0. The van der Waals surface area contributed by atoms with Crippen LogP contribution in [0.1, 0.15) is 66.7 Å². The summed E-state index contributed by atoms with van der Waals surface area (Å²) in [5.74, 6) is 2.42. The fourth-order valence-corrected chi connectivity index (χ4v) is 2.99. The Kier molecular flexibility index (Phi) is 9.82. The van der Waals surface area contributed by atoms with E-state index in [0.717, 1.165) is 30.4 Å². The van der Waals surface area contributed by atoms with E-state index >= 15 is 0 Å². The maximum atomic E-state index is 8.62. The van der Waals surface area contributed by atoms with Crippen LogP contribution in [0.5, 0.6) is 0 Å². The van der Waals surface area contributed by atoms with Gasteiger partial charge in [-0.25, -0.2) is 0 Å². The Balaban J connectivity index is 3.96. The van der Waals surface area contributed by atoms with E-state index in [1.165, 1.54) is 31.3 Å². The summed E-state index contributed by atoms with van der Waals surface area (Å²) in [7, 11) is 0. The highest BCUT2D eigenvalue weighted by Crippen LogP contribution is 2.25. The van der Waals surface area contributed by atoms with Crippen molar-refractivity contribution in [2.45, 2.75) is 66.7 Å². The van der Waals surface area contributed by atoms with Gasteiger partial charge in [0.2, 0.25) is 0 Å². The van der Waals surface area contributed by atoms with Crippen molar-refractivity contribution in [2.24, 2.45) is 17.8 Å². The van der Waals surface area contributed by atoms with Gasteiger partial charge in [0.1, 0.15) is 0 Å². The Morgan fingerprint density at radius 1 is 1.06 bits per heavy atom. The molecule has 1 N–H and O–H groups in total. The van der Waals surface area contributed by atoms with Gasteiger partial charge >= 0.3 is 0 Å². The lowest BCUT2D eigenvalue weighted by molar-refractivity contribution is 0.331. The fourth-order valence-electron chi connectivity index (χ4n) is 2.99. The van der Waals surface area contributed by atoms with Crippen LogP contribution in [-0.4, -0.2) is 5.11 Å². The van der Waals surface area contributed by atoms with Gasteiger partial charge in [-0.15, -0.1) is 0 Å². The van der Waals surface area contributed by atoms with Crippen LogP contribution in [0.4, 0.5) is 0 Å². The Labute approximate surface area is 114 Å². The van der Waals surface area contributed by atoms with Gasteiger partial charge in [-0.05, 0) is 50.0 Å². The molecule has 0 heterocycles. The lowest BCUT2D eigenvalue weighted by Gasteiger charge is -2.20. The Morgan fingerprint density at radius 3 is 2.22 bits per heavy atom. The lowest BCUT2D eigenvalue weighted by Crippen LogP contribution is -2.08. The molecule has 0 saturated carbocycles. The summed E-state index contributed by atoms with van der Waals surface area (Å²) in [5, 5.41) is 8.62. The molecule has 106 valence electrons. The van der Waals surface area contributed by atoms with E-state index in [-0.39, 0.29) is 0 Å². The SMILES string of the molecule is CCC[C@H](C)C[C@H](C)C[C@H](C)C/C(C)=C/C=C/O. The first-order valence-corrected chi connectivity index (χ1v) is 7.46. The Bertz CT molecular complexity index is 252. The van der Waals surface area contributed by atoms with E-state index in [1.807, 2.05) is 6.08 Å². The predicted octanol–water partition coefficient (Wildman–Crippen LogP) is 5.88. The first-order chi connectivity index (χ1) is 8.49. The third-order valence-electron chi connectivity index (χ3n) is 3.53. The minimum absolute atomic E-state index is 0.733. The Morgan fingerprint density at radius 2 is 1.67 bits per heavy atom. The zero-order valence-corrected chi connectivity index (χ0v) is 12.9. The second kappa shape index (κ2) is 10.2. The quantitative estimate of drug-likeness (QED) is 0.401. The molecular formula is C17H32O. The van der Waals surface area contributed by atoms with Crippen molar-refractivity contribution in [2.75, 3.05) is 0 Å². The molecule has 0 unspecified atom stereocenters. The summed E-state index contributed by atoms with van der Waals surface area (Å²) in [5.41, 5.74) is 1.35. The van der Waals surface area contributed by atoms with Crippen molar-refractivity contribution in [3.63, 3.8) is 0 Å². The van der Waals surface area contributed by atoms with Gasteiger partial charge in [0, 0.05) is 0 Å². The van der Waals surface area contributed by atoms with Gasteiger partial charge in [0.05, 0.1) is 6.26 Å². The van der Waals surface area contributed by atoms with Crippen LogP contribution >= 0.6 is 0 Å². The number of aliphatic hydroxyl groups is 1. The minimum Gasteiger partial charge on any atom is -0.516 e. The molecule has 0 aliphatic rings. The molecule has 0 aliphatic heterocycles. The normalized spacial score (nSPS) is 17.9. The van der Waals surface area contributed by atoms with Gasteiger partial charge in [-0.1, -0.05) is 52.2 Å². The van der Waals surface area contributed by atoms with Gasteiger partial charge in [0.25, 0.3) is 0 Å². The van der Waals surface area contributed by atoms with E-state index in [0.29, 0.717) is 0 Å². The molecule has 0 aromatic carbocycles. The highest BCUT2D eigenvalue weighted by atomic mass is 16.2. The molecule has 0 aromatic heterocycles. The zero-order valence-electron chi connectivity index (χ0n) is 12.9. The molecule has 1 heteroatoms.